The number of fused-ring (bicyclic) bond motifs is 3. The van der Waals surface area contributed by atoms with E-state index in [9.17, 15) is 14.4 Å². The van der Waals surface area contributed by atoms with Crippen LogP contribution < -0.4 is 5.32 Å². The van der Waals surface area contributed by atoms with Crippen LogP contribution in [-0.2, 0) is 14.3 Å². The van der Waals surface area contributed by atoms with Crippen molar-refractivity contribution in [1.29, 1.82) is 0 Å². The number of carbonyl (C=O) groups excluding carboxylic acids is 2. The molecule has 2 aromatic carbocycles. The number of carboxylic acid groups (broad SMARTS) is 1. The number of nitrogens with zero attached hydrogens (tertiary/aromatic N) is 1. The highest BCUT2D eigenvalue weighted by Crippen LogP contribution is 2.44. The van der Waals surface area contributed by atoms with E-state index in [0.717, 1.165) is 12.8 Å². The van der Waals surface area contributed by atoms with Gasteiger partial charge in [-0.1, -0.05) is 55.5 Å². The Morgan fingerprint density at radius 3 is 2.24 bits per heavy atom. The van der Waals surface area contributed by atoms with Crippen LogP contribution in [0.25, 0.3) is 11.1 Å². The minimum Gasteiger partial charge on any atom is -0.481 e. The monoisotopic (exact) mass is 464 g/mol. The molecule has 34 heavy (non-hydrogen) atoms. The first kappa shape index (κ1) is 23.8. The molecule has 180 valence electrons. The van der Waals surface area contributed by atoms with Gasteiger partial charge in [-0.3, -0.25) is 9.59 Å². The van der Waals surface area contributed by atoms with Crippen LogP contribution in [-0.4, -0.2) is 53.7 Å². The highest BCUT2D eigenvalue weighted by molar-refractivity contribution is 5.79. The predicted octanol–water partition coefficient (Wildman–Crippen LogP) is 4.41. The molecule has 1 saturated carbocycles. The Hall–Kier alpha value is -3.35. The van der Waals surface area contributed by atoms with Gasteiger partial charge < -0.3 is 20.1 Å². The van der Waals surface area contributed by atoms with E-state index in [-0.39, 0.29) is 43.4 Å². The Bertz CT molecular complexity index is 1000. The lowest BCUT2D eigenvalue weighted by Crippen LogP contribution is -2.35. The molecule has 1 fully saturated rings. The van der Waals surface area contributed by atoms with Crippen molar-refractivity contribution in [3.05, 3.63) is 59.7 Å². The van der Waals surface area contributed by atoms with Crippen LogP contribution in [0.3, 0.4) is 0 Å². The van der Waals surface area contributed by atoms with Gasteiger partial charge in [-0.05, 0) is 47.4 Å². The second-order valence-corrected chi connectivity index (χ2v) is 9.31. The van der Waals surface area contributed by atoms with E-state index >= 15 is 0 Å². The molecule has 0 spiro atoms. The van der Waals surface area contributed by atoms with Crippen LogP contribution in [0.5, 0.6) is 0 Å². The molecule has 0 aliphatic heterocycles. The molecule has 1 atom stereocenters. The topological polar surface area (TPSA) is 95.9 Å². The molecule has 7 heteroatoms. The van der Waals surface area contributed by atoms with Gasteiger partial charge in [0.1, 0.15) is 6.61 Å². The number of carbonyl (C=O) groups is 3. The Kier molecular flexibility index (Phi) is 7.50. The highest BCUT2D eigenvalue weighted by Gasteiger charge is 2.32. The largest absolute Gasteiger partial charge is 0.481 e. The van der Waals surface area contributed by atoms with E-state index < -0.39 is 12.1 Å². The van der Waals surface area contributed by atoms with Crippen LogP contribution in [0.2, 0.25) is 0 Å². The Morgan fingerprint density at radius 1 is 1.03 bits per heavy atom. The molecule has 7 nitrogen and oxygen atoms in total. The van der Waals surface area contributed by atoms with E-state index in [1.165, 1.54) is 22.3 Å². The highest BCUT2D eigenvalue weighted by atomic mass is 16.5. The second kappa shape index (κ2) is 10.7. The van der Waals surface area contributed by atoms with E-state index in [0.29, 0.717) is 19.4 Å². The summed E-state index contributed by atoms with van der Waals surface area (Å²) in [7, 11) is 0. The lowest BCUT2D eigenvalue weighted by atomic mass is 9.98. The van der Waals surface area contributed by atoms with Crippen molar-refractivity contribution in [3.63, 3.8) is 0 Å². The standard InChI is InChI=1S/C27H32N2O5/c1-18(10-13-25(30)29(19-11-12-19)15-14-26(31)32)16-28-27(33)34-17-24-22-8-4-2-6-20(22)21-7-3-5-9-23(21)24/h2-9,18-19,24H,10-17H2,1H3,(H,28,33)(H,31,32). The first-order valence-electron chi connectivity index (χ1n) is 12.0. The van der Waals surface area contributed by atoms with E-state index in [4.69, 9.17) is 9.84 Å². The average Bonchev–Trinajstić information content (AvgIpc) is 3.62. The molecule has 0 aromatic heterocycles. The fourth-order valence-corrected chi connectivity index (χ4v) is 4.64. The number of ether oxygens (including phenoxy) is 1. The molecular formula is C27H32N2O5. The normalized spacial score (nSPS) is 15.2. The van der Waals surface area contributed by atoms with Gasteiger partial charge >= 0.3 is 12.1 Å². The van der Waals surface area contributed by atoms with Crippen LogP contribution in [0.4, 0.5) is 4.79 Å². The van der Waals surface area contributed by atoms with Crippen molar-refractivity contribution in [2.75, 3.05) is 19.7 Å². The zero-order chi connectivity index (χ0) is 24.1. The number of rotatable bonds is 11. The van der Waals surface area contributed by atoms with Crippen molar-refractivity contribution >= 4 is 18.0 Å². The molecule has 0 saturated heterocycles. The molecule has 2 aliphatic rings. The molecule has 2 aromatic rings. The van der Waals surface area contributed by atoms with E-state index in [1.807, 2.05) is 31.2 Å². The predicted molar refractivity (Wildman–Crippen MR) is 128 cm³/mol. The van der Waals surface area contributed by atoms with Gasteiger partial charge in [0, 0.05) is 31.5 Å². The summed E-state index contributed by atoms with van der Waals surface area (Å²) in [5.74, 6) is -0.770. The third kappa shape index (κ3) is 5.76. The van der Waals surface area contributed by atoms with Gasteiger partial charge in [0.2, 0.25) is 5.91 Å². The molecule has 2 amide bonds. The lowest BCUT2D eigenvalue weighted by molar-refractivity contribution is -0.138. The molecule has 1 unspecified atom stereocenters. The summed E-state index contributed by atoms with van der Waals surface area (Å²) in [5, 5.41) is 11.7. The van der Waals surface area contributed by atoms with E-state index in [1.54, 1.807) is 4.90 Å². The number of benzene rings is 2. The fraction of sp³-hybridized carbons (Fsp3) is 0.444. The summed E-state index contributed by atoms with van der Waals surface area (Å²) in [5.41, 5.74) is 4.72. The molecule has 2 N–H and O–H groups in total. The van der Waals surface area contributed by atoms with Gasteiger partial charge in [-0.25, -0.2) is 4.79 Å². The number of carboxylic acids is 1. The third-order valence-corrected chi connectivity index (χ3v) is 6.66. The maximum absolute atomic E-state index is 12.6. The summed E-state index contributed by atoms with van der Waals surface area (Å²) in [6, 6.07) is 16.6. The van der Waals surface area contributed by atoms with Gasteiger partial charge in [0.25, 0.3) is 0 Å². The van der Waals surface area contributed by atoms with Crippen molar-refractivity contribution in [1.82, 2.24) is 10.2 Å². The third-order valence-electron chi connectivity index (χ3n) is 6.66. The summed E-state index contributed by atoms with van der Waals surface area (Å²) in [4.78, 5) is 37.5. The Balaban J connectivity index is 1.21. The van der Waals surface area contributed by atoms with Crippen molar-refractivity contribution in [3.8, 4) is 11.1 Å². The maximum atomic E-state index is 12.6. The van der Waals surface area contributed by atoms with Crippen LogP contribution in [0.15, 0.2) is 48.5 Å². The number of nitrogens with one attached hydrogen (secondary N) is 1. The number of amides is 2. The van der Waals surface area contributed by atoms with Crippen molar-refractivity contribution in [2.45, 2.75) is 51.0 Å². The molecule has 0 radical (unpaired) electrons. The van der Waals surface area contributed by atoms with Gasteiger partial charge in [-0.15, -0.1) is 0 Å². The average molecular weight is 465 g/mol. The zero-order valence-corrected chi connectivity index (χ0v) is 19.5. The number of alkyl carbamates (subject to hydrolysis) is 1. The first-order chi connectivity index (χ1) is 16.4. The Labute approximate surface area is 200 Å². The minimum atomic E-state index is -0.890. The SMILES string of the molecule is CC(CCC(=O)N(CCC(=O)O)C1CC1)CNC(=O)OCC1c2ccccc2-c2ccccc21. The Morgan fingerprint density at radius 2 is 1.65 bits per heavy atom. The maximum Gasteiger partial charge on any atom is 0.407 e. The minimum absolute atomic E-state index is 0.00302. The van der Waals surface area contributed by atoms with Crippen LogP contribution in [0.1, 0.15) is 56.1 Å². The summed E-state index contributed by atoms with van der Waals surface area (Å²) < 4.78 is 5.57. The fourth-order valence-electron chi connectivity index (χ4n) is 4.64. The smallest absolute Gasteiger partial charge is 0.407 e. The van der Waals surface area contributed by atoms with Gasteiger partial charge in [-0.2, -0.15) is 0 Å². The van der Waals surface area contributed by atoms with Crippen molar-refractivity contribution in [2.24, 2.45) is 5.92 Å². The molecule has 0 heterocycles. The molecule has 4 rings (SSSR count). The van der Waals surface area contributed by atoms with Gasteiger partial charge in [0.05, 0.1) is 6.42 Å². The van der Waals surface area contributed by atoms with Crippen LogP contribution in [0, 0.1) is 5.92 Å². The second-order valence-electron chi connectivity index (χ2n) is 9.31. The molecular weight excluding hydrogens is 432 g/mol. The molecule has 2 aliphatic carbocycles. The summed E-state index contributed by atoms with van der Waals surface area (Å²) in [6.45, 7) is 2.94. The van der Waals surface area contributed by atoms with Crippen molar-refractivity contribution < 1.29 is 24.2 Å². The summed E-state index contributed by atoms with van der Waals surface area (Å²) >= 11 is 0. The van der Waals surface area contributed by atoms with E-state index in [2.05, 4.69) is 29.6 Å². The molecule has 0 bridgehead atoms. The van der Waals surface area contributed by atoms with Gasteiger partial charge in [0.15, 0.2) is 0 Å². The first-order valence-corrected chi connectivity index (χ1v) is 12.0. The number of hydrogen-bond donors (Lipinski definition) is 2. The number of hydrogen-bond acceptors (Lipinski definition) is 4. The van der Waals surface area contributed by atoms with Crippen LogP contribution >= 0.6 is 0 Å². The lowest BCUT2D eigenvalue weighted by Gasteiger charge is -2.22. The number of aliphatic carboxylic acids is 1. The quantitative estimate of drug-likeness (QED) is 0.514. The summed E-state index contributed by atoms with van der Waals surface area (Å²) in [6.07, 6.45) is 2.39. The zero-order valence-electron chi connectivity index (χ0n) is 19.5.